The van der Waals surface area contributed by atoms with E-state index >= 15 is 0 Å². The minimum Gasteiger partial charge on any atom is -0.497 e. The number of nitrogens with two attached hydrogens (primary N) is 1. The monoisotopic (exact) mass is 411 g/mol. The van der Waals surface area contributed by atoms with E-state index in [2.05, 4.69) is 0 Å². The molecule has 0 spiro atoms. The lowest BCUT2D eigenvalue weighted by atomic mass is 10.2. The number of ether oxygens (including phenoxy) is 1. The fourth-order valence-corrected chi connectivity index (χ4v) is 4.77. The van der Waals surface area contributed by atoms with Crippen LogP contribution in [-0.2, 0) is 11.3 Å². The predicted molar refractivity (Wildman–Crippen MR) is 113 cm³/mol. The third kappa shape index (κ3) is 3.48. The molecule has 2 heterocycles. The fraction of sp³-hybridized carbons (Fsp3) is 0.150. The van der Waals surface area contributed by atoms with Crippen molar-refractivity contribution in [2.45, 2.75) is 11.7 Å². The molecular weight excluding hydrogens is 394 g/mol. The molecule has 142 valence electrons. The largest absolute Gasteiger partial charge is 0.497 e. The van der Waals surface area contributed by atoms with Crippen molar-refractivity contribution < 1.29 is 9.53 Å². The molecule has 6 nitrogen and oxygen atoms in total. The fourth-order valence-electron chi connectivity index (χ4n) is 2.95. The topological polar surface area (TPSA) is 87.2 Å². The van der Waals surface area contributed by atoms with Crippen molar-refractivity contribution in [3.8, 4) is 5.75 Å². The third-order valence-corrected chi connectivity index (χ3v) is 6.44. The van der Waals surface area contributed by atoms with E-state index in [0.29, 0.717) is 21.9 Å². The minimum absolute atomic E-state index is 0.0582. The van der Waals surface area contributed by atoms with Gasteiger partial charge < -0.3 is 10.5 Å². The standard InChI is InChI=1S/C20H17N3O3S2/c1-26-13-8-6-12(7-9-13)10-23-19(25)18-17(22-20(23)27-11-16(21)24)14-4-2-3-5-15(14)28-18/h2-9H,10-11H2,1H3,(H2,21,24). The second-order valence-electron chi connectivity index (χ2n) is 6.16. The summed E-state index contributed by atoms with van der Waals surface area (Å²) in [6.07, 6.45) is 0. The number of primary amides is 1. The first-order chi connectivity index (χ1) is 13.6. The molecule has 2 N–H and O–H groups in total. The van der Waals surface area contributed by atoms with Crippen LogP contribution in [0.3, 0.4) is 0 Å². The summed E-state index contributed by atoms with van der Waals surface area (Å²) in [5.41, 5.74) is 6.80. The highest BCUT2D eigenvalue weighted by Crippen LogP contribution is 2.32. The number of amides is 1. The highest BCUT2D eigenvalue weighted by molar-refractivity contribution is 7.99. The summed E-state index contributed by atoms with van der Waals surface area (Å²) < 4.78 is 8.41. The molecule has 0 atom stereocenters. The number of carbonyl (C=O) groups excluding carboxylic acids is 1. The second kappa shape index (κ2) is 7.65. The Balaban J connectivity index is 1.87. The number of methoxy groups -OCH3 is 1. The summed E-state index contributed by atoms with van der Waals surface area (Å²) in [7, 11) is 1.61. The molecule has 0 fully saturated rings. The lowest BCUT2D eigenvalue weighted by molar-refractivity contribution is -0.115. The number of hydrogen-bond acceptors (Lipinski definition) is 6. The summed E-state index contributed by atoms with van der Waals surface area (Å²) in [4.78, 5) is 29.3. The van der Waals surface area contributed by atoms with E-state index in [9.17, 15) is 9.59 Å². The molecule has 4 aromatic rings. The Hall–Kier alpha value is -2.84. The maximum atomic E-state index is 13.3. The van der Waals surface area contributed by atoms with Gasteiger partial charge in [0, 0.05) is 10.1 Å². The molecule has 0 aliphatic heterocycles. The number of thioether (sulfide) groups is 1. The molecule has 1 amide bonds. The van der Waals surface area contributed by atoms with Crippen molar-refractivity contribution in [1.29, 1.82) is 0 Å². The van der Waals surface area contributed by atoms with E-state index in [1.807, 2.05) is 48.5 Å². The maximum Gasteiger partial charge on any atom is 0.272 e. The van der Waals surface area contributed by atoms with Crippen molar-refractivity contribution in [3.63, 3.8) is 0 Å². The number of thiophene rings is 1. The number of rotatable bonds is 6. The van der Waals surface area contributed by atoms with Crippen LogP contribution < -0.4 is 16.0 Å². The van der Waals surface area contributed by atoms with Crippen molar-refractivity contribution in [2.75, 3.05) is 12.9 Å². The second-order valence-corrected chi connectivity index (χ2v) is 8.16. The van der Waals surface area contributed by atoms with E-state index < -0.39 is 5.91 Å². The van der Waals surface area contributed by atoms with Gasteiger partial charge in [0.2, 0.25) is 5.91 Å². The molecule has 0 bridgehead atoms. The lowest BCUT2D eigenvalue weighted by Crippen LogP contribution is -2.24. The molecule has 8 heteroatoms. The van der Waals surface area contributed by atoms with Gasteiger partial charge in [-0.25, -0.2) is 4.98 Å². The molecule has 0 aliphatic carbocycles. The first-order valence-electron chi connectivity index (χ1n) is 8.53. The Morgan fingerprint density at radius 1 is 1.21 bits per heavy atom. The van der Waals surface area contributed by atoms with E-state index in [0.717, 1.165) is 21.4 Å². The minimum atomic E-state index is -0.453. The van der Waals surface area contributed by atoms with Crippen molar-refractivity contribution in [1.82, 2.24) is 9.55 Å². The van der Waals surface area contributed by atoms with Gasteiger partial charge in [0.1, 0.15) is 10.4 Å². The van der Waals surface area contributed by atoms with Crippen molar-refractivity contribution in [3.05, 3.63) is 64.4 Å². The van der Waals surface area contributed by atoms with Crippen LogP contribution in [0.15, 0.2) is 58.5 Å². The molecule has 2 aromatic carbocycles. The quantitative estimate of drug-likeness (QED) is 0.389. The highest BCUT2D eigenvalue weighted by Gasteiger charge is 2.17. The van der Waals surface area contributed by atoms with Crippen LogP contribution in [0.5, 0.6) is 5.75 Å². The van der Waals surface area contributed by atoms with E-state index in [4.69, 9.17) is 15.5 Å². The highest BCUT2D eigenvalue weighted by atomic mass is 32.2. The van der Waals surface area contributed by atoms with Crippen LogP contribution in [0.4, 0.5) is 0 Å². The van der Waals surface area contributed by atoms with Crippen LogP contribution in [-0.4, -0.2) is 28.3 Å². The van der Waals surface area contributed by atoms with Crippen molar-refractivity contribution >= 4 is 49.3 Å². The van der Waals surface area contributed by atoms with Gasteiger partial charge in [0.05, 0.1) is 24.9 Å². The van der Waals surface area contributed by atoms with E-state index in [1.54, 1.807) is 11.7 Å². The van der Waals surface area contributed by atoms with Crippen LogP contribution in [0.2, 0.25) is 0 Å². The zero-order chi connectivity index (χ0) is 19.7. The lowest BCUT2D eigenvalue weighted by Gasteiger charge is -2.12. The van der Waals surface area contributed by atoms with Gasteiger partial charge in [-0.1, -0.05) is 42.1 Å². The summed E-state index contributed by atoms with van der Waals surface area (Å²) in [6.45, 7) is 0.348. The van der Waals surface area contributed by atoms with Crippen LogP contribution in [0, 0.1) is 0 Å². The first-order valence-corrected chi connectivity index (χ1v) is 10.3. The molecule has 0 saturated carbocycles. The van der Waals surface area contributed by atoms with Crippen molar-refractivity contribution in [2.24, 2.45) is 5.73 Å². The van der Waals surface area contributed by atoms with Gasteiger partial charge in [0.25, 0.3) is 5.56 Å². The normalized spacial score (nSPS) is 11.2. The Morgan fingerprint density at radius 3 is 2.68 bits per heavy atom. The molecule has 4 rings (SSSR count). The zero-order valence-electron chi connectivity index (χ0n) is 15.0. The average molecular weight is 412 g/mol. The SMILES string of the molecule is COc1ccc(Cn2c(SCC(N)=O)nc3c(sc4ccccc43)c2=O)cc1. The number of carbonyl (C=O) groups is 1. The molecule has 0 radical (unpaired) electrons. The summed E-state index contributed by atoms with van der Waals surface area (Å²) in [5.74, 6) is 0.353. The van der Waals surface area contributed by atoms with E-state index in [-0.39, 0.29) is 11.3 Å². The molecule has 28 heavy (non-hydrogen) atoms. The molecule has 0 saturated heterocycles. The number of hydrogen-bond donors (Lipinski definition) is 1. The zero-order valence-corrected chi connectivity index (χ0v) is 16.7. The van der Waals surface area contributed by atoms with Gasteiger partial charge in [-0.15, -0.1) is 11.3 Å². The van der Waals surface area contributed by atoms with Gasteiger partial charge in [-0.3, -0.25) is 14.2 Å². The van der Waals surface area contributed by atoms with Gasteiger partial charge >= 0.3 is 0 Å². The molecule has 0 aliphatic rings. The smallest absolute Gasteiger partial charge is 0.272 e. The van der Waals surface area contributed by atoms with E-state index in [1.165, 1.54) is 23.1 Å². The number of benzene rings is 2. The summed E-state index contributed by atoms with van der Waals surface area (Å²) >= 11 is 2.62. The first kappa shape index (κ1) is 18.5. The average Bonchev–Trinajstić information content (AvgIpc) is 3.08. The molecular formula is C20H17N3O3S2. The Morgan fingerprint density at radius 2 is 1.96 bits per heavy atom. The van der Waals surface area contributed by atoms with Crippen LogP contribution in [0.25, 0.3) is 20.3 Å². The summed E-state index contributed by atoms with van der Waals surface area (Å²) in [6, 6.07) is 15.3. The molecule has 0 unspecified atom stereocenters. The van der Waals surface area contributed by atoms with Gasteiger partial charge in [-0.2, -0.15) is 0 Å². The van der Waals surface area contributed by atoms with Gasteiger partial charge in [0.15, 0.2) is 5.16 Å². The van der Waals surface area contributed by atoms with Crippen LogP contribution in [0.1, 0.15) is 5.56 Å². The Labute approximate surface area is 169 Å². The predicted octanol–water partition coefficient (Wildman–Crippen LogP) is 3.25. The maximum absolute atomic E-state index is 13.3. The third-order valence-electron chi connectivity index (χ3n) is 4.29. The molecule has 2 aromatic heterocycles. The Kier molecular flexibility index (Phi) is 5.06. The summed E-state index contributed by atoms with van der Waals surface area (Å²) in [5, 5.41) is 1.42. The number of fused-ring (bicyclic) bond motifs is 3. The van der Waals surface area contributed by atoms with Crippen LogP contribution >= 0.6 is 23.1 Å². The number of aromatic nitrogens is 2. The number of nitrogens with zero attached hydrogens (tertiary/aromatic N) is 2. The van der Waals surface area contributed by atoms with Gasteiger partial charge in [-0.05, 0) is 23.8 Å². The Bertz CT molecular complexity index is 1230.